The van der Waals surface area contributed by atoms with Gasteiger partial charge in [-0.15, -0.1) is 11.6 Å². The van der Waals surface area contributed by atoms with Crippen LogP contribution < -0.4 is 22.6 Å². The summed E-state index contributed by atoms with van der Waals surface area (Å²) in [5.41, 5.74) is 0. The van der Waals surface area contributed by atoms with Crippen molar-refractivity contribution in [1.29, 1.82) is 0 Å². The van der Waals surface area contributed by atoms with Crippen molar-refractivity contribution in [3.05, 3.63) is 0 Å². The van der Waals surface area contributed by atoms with E-state index in [1.165, 1.54) is 25.7 Å². The van der Waals surface area contributed by atoms with Crippen LogP contribution in [0.4, 0.5) is 14.1 Å². The Kier molecular flexibility index (Phi) is 6.32. The standard InChI is InChI=1S/C6H11ClI.5FH.Sb/c7-5-1-3-6(8)4-2-5;;;;;;/h5-6,8H,1-4H2;5*1H;/q+1;;;;;;+5/p-5. The van der Waals surface area contributed by atoms with E-state index in [-0.39, 0.29) is 0 Å². The molecule has 0 N–H and O–H groups in total. The molecule has 0 spiro atoms. The van der Waals surface area contributed by atoms with Crippen LogP contribution in [0.2, 0.25) is 0 Å². The van der Waals surface area contributed by atoms with Crippen molar-refractivity contribution in [2.75, 3.05) is 0 Å². The molecule has 14 heavy (non-hydrogen) atoms. The van der Waals surface area contributed by atoms with Gasteiger partial charge in [-0.25, -0.2) is 0 Å². The van der Waals surface area contributed by atoms with E-state index in [9.17, 15) is 14.1 Å². The zero-order valence-corrected chi connectivity index (χ0v) is 12.7. The summed E-state index contributed by atoms with van der Waals surface area (Å²) in [6.45, 7) is 0. The van der Waals surface area contributed by atoms with Crippen LogP contribution in [-0.2, 0) is 0 Å². The third kappa shape index (κ3) is 15.9. The van der Waals surface area contributed by atoms with Crippen LogP contribution >= 0.6 is 11.6 Å². The molecule has 1 aliphatic rings. The Morgan fingerprint density at radius 2 is 1.21 bits per heavy atom. The summed E-state index contributed by atoms with van der Waals surface area (Å²) >= 11 is -1.07. The Morgan fingerprint density at radius 1 is 0.929 bits per heavy atom. The molecule has 0 saturated heterocycles. The van der Waals surface area contributed by atoms with Crippen molar-refractivity contribution < 1.29 is 36.7 Å². The normalized spacial score (nSPS) is 30.9. The molecule has 0 aromatic rings. The second-order valence-corrected chi connectivity index (χ2v) is 9.18. The van der Waals surface area contributed by atoms with Crippen LogP contribution in [-0.4, -0.2) is 29.6 Å². The quantitative estimate of drug-likeness (QED) is 0.214. The molecular weight excluding hydrogens is 451 g/mol. The molecule has 1 fully saturated rings. The second-order valence-electron chi connectivity index (χ2n) is 3.01. The van der Waals surface area contributed by atoms with E-state index in [2.05, 4.69) is 22.6 Å². The number of halogens is 7. The van der Waals surface area contributed by atoms with Gasteiger partial charge in [0, 0.05) is 5.38 Å². The molecular formula is C6H11ClF5ISb+. The van der Waals surface area contributed by atoms with Crippen molar-refractivity contribution in [2.24, 2.45) is 0 Å². The van der Waals surface area contributed by atoms with Crippen LogP contribution in [0.1, 0.15) is 25.7 Å². The molecule has 8 heteroatoms. The molecule has 0 aromatic heterocycles. The topological polar surface area (TPSA) is 0 Å². The Labute approximate surface area is 103 Å². The molecule has 1 aliphatic carbocycles. The van der Waals surface area contributed by atoms with Gasteiger partial charge in [0.25, 0.3) is 22.6 Å². The predicted octanol–water partition coefficient (Wildman–Crippen LogP) is 0.542. The van der Waals surface area contributed by atoms with Crippen molar-refractivity contribution in [3.8, 4) is 0 Å². The maximum atomic E-state index is 9.91. The molecule has 88 valence electrons. The molecule has 0 bridgehead atoms. The second kappa shape index (κ2) is 5.71. The van der Waals surface area contributed by atoms with E-state index in [1.54, 1.807) is 0 Å². The maximum absolute atomic E-state index is 9.91. The first-order valence-electron chi connectivity index (χ1n) is 3.93. The van der Waals surface area contributed by atoms with Gasteiger partial charge in [-0.1, -0.05) is 0 Å². The zero-order valence-electron chi connectivity index (χ0n) is 7.11. The third-order valence-electron chi connectivity index (χ3n) is 1.60. The molecule has 0 radical (unpaired) electrons. The monoisotopic (exact) mass is 461 g/mol. The van der Waals surface area contributed by atoms with Crippen molar-refractivity contribution >= 4 is 31.9 Å². The minimum atomic E-state index is -9.19. The number of hydrogen-bond donors (Lipinski definition) is 0. The first kappa shape index (κ1) is 15.5. The fraction of sp³-hybridized carbons (Fsp3) is 1.00. The number of alkyl halides is 2. The third-order valence-corrected chi connectivity index (χ3v) is 3.39. The van der Waals surface area contributed by atoms with E-state index in [1.807, 2.05) is 0 Å². The fourth-order valence-corrected chi connectivity index (χ4v) is 2.05. The van der Waals surface area contributed by atoms with E-state index in [0.717, 1.165) is 3.92 Å². The minimum absolute atomic E-state index is 0.493. The summed E-state index contributed by atoms with van der Waals surface area (Å²) in [7, 11) is 0. The number of rotatable bonds is 0. The first-order valence-corrected chi connectivity index (χ1v) is 10.5. The van der Waals surface area contributed by atoms with Gasteiger partial charge < -0.3 is 0 Å². The molecule has 0 nitrogen and oxygen atoms in total. The SMILES string of the molecule is ClC1CCC([IH+])CC1.[F][Sb]([F])([F])([F])[F]. The van der Waals surface area contributed by atoms with E-state index in [4.69, 9.17) is 11.6 Å². The molecule has 0 heterocycles. The van der Waals surface area contributed by atoms with Crippen LogP contribution in [0.15, 0.2) is 0 Å². The van der Waals surface area contributed by atoms with Gasteiger partial charge in [0.15, 0.2) is 3.92 Å². The Bertz CT molecular complexity index is 148. The fourth-order valence-electron chi connectivity index (χ4n) is 1.02. The summed E-state index contributed by atoms with van der Waals surface area (Å²) in [5.74, 6) is 0. The van der Waals surface area contributed by atoms with Gasteiger partial charge in [0.05, 0.1) is 0 Å². The van der Waals surface area contributed by atoms with Crippen LogP contribution in [0.3, 0.4) is 0 Å². The summed E-state index contributed by atoms with van der Waals surface area (Å²) in [4.78, 5) is 0. The van der Waals surface area contributed by atoms with Crippen LogP contribution in [0, 0.1) is 0 Å². The van der Waals surface area contributed by atoms with Gasteiger partial charge >= 0.3 is 34.4 Å². The summed E-state index contributed by atoms with van der Waals surface area (Å²) < 4.78 is 50.5. The van der Waals surface area contributed by atoms with E-state index < -0.39 is 20.3 Å². The Balaban J connectivity index is 0.000000255. The molecule has 0 amide bonds. The molecule has 0 aromatic carbocycles. The van der Waals surface area contributed by atoms with Gasteiger partial charge in [-0.2, -0.15) is 0 Å². The van der Waals surface area contributed by atoms with Crippen molar-refractivity contribution in [2.45, 2.75) is 35.0 Å². The zero-order chi connectivity index (χ0) is 11.4. The molecule has 0 unspecified atom stereocenters. The van der Waals surface area contributed by atoms with Gasteiger partial charge in [-0.3, -0.25) is 0 Å². The van der Waals surface area contributed by atoms with Crippen LogP contribution in [0.25, 0.3) is 0 Å². The Hall–Kier alpha value is 1.49. The van der Waals surface area contributed by atoms with E-state index in [0.29, 0.717) is 5.38 Å². The molecule has 0 aliphatic heterocycles. The van der Waals surface area contributed by atoms with Gasteiger partial charge in [0.2, 0.25) is 0 Å². The molecule has 1 rings (SSSR count). The first-order chi connectivity index (χ1) is 6.02. The van der Waals surface area contributed by atoms with Crippen molar-refractivity contribution in [3.63, 3.8) is 0 Å². The van der Waals surface area contributed by atoms with E-state index >= 15 is 0 Å². The van der Waals surface area contributed by atoms with Crippen LogP contribution in [0.5, 0.6) is 0 Å². The summed E-state index contributed by atoms with van der Waals surface area (Å²) in [6, 6.07) is 0. The summed E-state index contributed by atoms with van der Waals surface area (Å²) in [6.07, 6.45) is 5.17. The number of hydrogen-bond acceptors (Lipinski definition) is 0. The van der Waals surface area contributed by atoms with Gasteiger partial charge in [0.1, 0.15) is 0 Å². The van der Waals surface area contributed by atoms with Crippen molar-refractivity contribution in [1.82, 2.24) is 0 Å². The van der Waals surface area contributed by atoms with Gasteiger partial charge in [-0.05, 0) is 25.7 Å². The molecule has 1 saturated carbocycles. The predicted molar refractivity (Wildman–Crippen MR) is 44.6 cm³/mol. The summed E-state index contributed by atoms with van der Waals surface area (Å²) in [5, 5.41) is 0.493. The molecule has 0 atom stereocenters. The average Bonchev–Trinajstić information content (AvgIpc) is 1.90. The average molecular weight is 462 g/mol. The Morgan fingerprint density at radius 3 is 1.43 bits per heavy atom.